The van der Waals surface area contributed by atoms with Crippen molar-refractivity contribution in [3.8, 4) is 5.75 Å². The summed E-state index contributed by atoms with van der Waals surface area (Å²) in [6, 6.07) is 10.7. The highest BCUT2D eigenvalue weighted by Crippen LogP contribution is 2.63. The van der Waals surface area contributed by atoms with Crippen molar-refractivity contribution >= 4 is 40.7 Å². The highest BCUT2D eigenvalue weighted by molar-refractivity contribution is 6.34. The number of carbonyl (C=O) groups excluding carboxylic acids is 3. The maximum atomic E-state index is 14.4. The van der Waals surface area contributed by atoms with E-state index in [0.717, 1.165) is 5.56 Å². The summed E-state index contributed by atoms with van der Waals surface area (Å²) < 4.78 is 12.2. The lowest BCUT2D eigenvalue weighted by atomic mass is 9.66. The Balaban J connectivity index is 1.52. The summed E-state index contributed by atoms with van der Waals surface area (Å²) in [5, 5.41) is 16.8. The number of likely N-dealkylation sites (tertiary alicyclic amines) is 1. The van der Waals surface area contributed by atoms with Crippen molar-refractivity contribution in [1.29, 1.82) is 0 Å². The Kier molecular flexibility index (Phi) is 8.31. The number of hydrogen-bond donors (Lipinski definition) is 3. The highest BCUT2D eigenvalue weighted by atomic mass is 35.5. The molecule has 0 aromatic heterocycles. The molecule has 3 heterocycles. The molecule has 3 aliphatic rings. The Bertz CT molecular complexity index is 1350. The zero-order valence-corrected chi connectivity index (χ0v) is 25.5. The summed E-state index contributed by atoms with van der Waals surface area (Å²) in [7, 11) is 0. The summed E-state index contributed by atoms with van der Waals surface area (Å²) >= 11 is 6.46. The van der Waals surface area contributed by atoms with Crippen LogP contribution in [0.2, 0.25) is 5.02 Å². The van der Waals surface area contributed by atoms with Gasteiger partial charge in [-0.1, -0.05) is 37.6 Å². The molecule has 3 aliphatic heterocycles. The van der Waals surface area contributed by atoms with E-state index in [4.69, 9.17) is 21.1 Å². The quantitative estimate of drug-likeness (QED) is 0.362. The minimum Gasteiger partial charge on any atom is -0.494 e. The van der Waals surface area contributed by atoms with Crippen LogP contribution in [0.15, 0.2) is 42.5 Å². The van der Waals surface area contributed by atoms with Crippen LogP contribution in [0, 0.1) is 24.7 Å². The van der Waals surface area contributed by atoms with E-state index < -0.39 is 41.0 Å². The molecule has 0 aliphatic carbocycles. The number of hydrogen-bond acceptors (Lipinski definition) is 6. The minimum atomic E-state index is -1.23. The number of anilines is 2. The van der Waals surface area contributed by atoms with Gasteiger partial charge in [-0.05, 0) is 81.8 Å². The third-order valence-electron chi connectivity index (χ3n) is 9.00. The molecule has 0 radical (unpaired) electrons. The first-order chi connectivity index (χ1) is 20.0. The standard InChI is InChI=1S/C32H40ClN3O6/c1-6-41-22-12-10-20(11-13-22)34-28(38)24-25-30(40)36(21(17-37)16-18(2)3)27(32(25)15-14-31(24,5)42-32)29(39)35-26-19(4)8-7-9-23(26)33/h7-13,18,21,24-25,27,37H,6,14-17H2,1-5H3,(H,34,38)(H,35,39)/t21-,24+,25+,27?,31-,32?/m1/s1. The lowest BCUT2D eigenvalue weighted by Gasteiger charge is -2.37. The topological polar surface area (TPSA) is 117 Å². The first-order valence-electron chi connectivity index (χ1n) is 14.7. The van der Waals surface area contributed by atoms with Gasteiger partial charge < -0.3 is 30.1 Å². The first kappa shape index (κ1) is 30.3. The Morgan fingerprint density at radius 3 is 2.48 bits per heavy atom. The minimum absolute atomic E-state index is 0.149. The summed E-state index contributed by atoms with van der Waals surface area (Å²) in [6.07, 6.45) is 1.43. The molecule has 9 nitrogen and oxygen atoms in total. The maximum Gasteiger partial charge on any atom is 0.250 e. The smallest absolute Gasteiger partial charge is 0.250 e. The molecule has 2 unspecified atom stereocenters. The summed E-state index contributed by atoms with van der Waals surface area (Å²) in [4.78, 5) is 44.1. The second kappa shape index (κ2) is 11.5. The van der Waals surface area contributed by atoms with Crippen LogP contribution in [0.3, 0.4) is 0 Å². The fourth-order valence-electron chi connectivity index (χ4n) is 7.28. The zero-order valence-electron chi connectivity index (χ0n) is 24.8. The number of para-hydroxylation sites is 1. The summed E-state index contributed by atoms with van der Waals surface area (Å²) in [6.45, 7) is 9.81. The van der Waals surface area contributed by atoms with Crippen LogP contribution < -0.4 is 15.4 Å². The number of nitrogens with one attached hydrogen (secondary N) is 2. The third kappa shape index (κ3) is 5.05. The zero-order chi connectivity index (χ0) is 30.4. The largest absolute Gasteiger partial charge is 0.494 e. The van der Waals surface area contributed by atoms with E-state index in [1.807, 2.05) is 40.7 Å². The number of rotatable bonds is 10. The van der Waals surface area contributed by atoms with E-state index in [9.17, 15) is 19.5 Å². The van der Waals surface area contributed by atoms with Crippen molar-refractivity contribution < 1.29 is 29.0 Å². The number of aryl methyl sites for hydroxylation is 1. The lowest BCUT2D eigenvalue weighted by Crippen LogP contribution is -2.56. The molecular weight excluding hydrogens is 558 g/mol. The van der Waals surface area contributed by atoms with Gasteiger partial charge in [0.25, 0.3) is 0 Å². The Labute approximate surface area is 251 Å². The normalized spacial score (nSPS) is 28.6. The number of aliphatic hydroxyl groups is 1. The van der Waals surface area contributed by atoms with Crippen molar-refractivity contribution in [1.82, 2.24) is 4.90 Å². The molecule has 2 bridgehead atoms. The van der Waals surface area contributed by atoms with E-state index >= 15 is 0 Å². The lowest BCUT2D eigenvalue weighted by molar-refractivity contribution is -0.147. The van der Waals surface area contributed by atoms with E-state index in [-0.39, 0.29) is 24.3 Å². The molecule has 10 heteroatoms. The van der Waals surface area contributed by atoms with Gasteiger partial charge in [-0.2, -0.15) is 0 Å². The van der Waals surface area contributed by atoms with E-state index in [1.54, 1.807) is 36.4 Å². The average Bonchev–Trinajstić information content (AvgIpc) is 3.51. The molecule has 1 spiro atoms. The SMILES string of the molecule is CCOc1ccc(NC(=O)[C@@H]2[C@H]3C(=O)N([C@@H](CO)CC(C)C)C(C(=O)Nc4c(C)cccc4Cl)C34CC[C@@]2(C)O4)cc1. The molecule has 3 fully saturated rings. The summed E-state index contributed by atoms with van der Waals surface area (Å²) in [5.74, 6) is -2.00. The number of fused-ring (bicyclic) bond motifs is 1. The Hall–Kier alpha value is -3.14. The molecule has 6 atom stereocenters. The van der Waals surface area contributed by atoms with Crippen LogP contribution in [0.1, 0.15) is 52.5 Å². The molecule has 3 saturated heterocycles. The maximum absolute atomic E-state index is 14.4. The third-order valence-corrected chi connectivity index (χ3v) is 9.31. The van der Waals surface area contributed by atoms with Gasteiger partial charge in [-0.25, -0.2) is 0 Å². The first-order valence-corrected chi connectivity index (χ1v) is 15.1. The second-order valence-corrected chi connectivity index (χ2v) is 12.7. The van der Waals surface area contributed by atoms with E-state index in [2.05, 4.69) is 10.6 Å². The van der Waals surface area contributed by atoms with Gasteiger partial charge in [0.05, 0.1) is 47.4 Å². The van der Waals surface area contributed by atoms with Crippen LogP contribution in [-0.2, 0) is 19.1 Å². The molecule has 0 saturated carbocycles. The number of halogens is 1. The van der Waals surface area contributed by atoms with Crippen molar-refractivity contribution in [2.45, 2.75) is 77.2 Å². The van der Waals surface area contributed by atoms with Crippen LogP contribution in [0.4, 0.5) is 11.4 Å². The van der Waals surface area contributed by atoms with Gasteiger partial charge in [0, 0.05) is 5.69 Å². The van der Waals surface area contributed by atoms with Gasteiger partial charge in [0.15, 0.2) is 0 Å². The molecule has 3 N–H and O–H groups in total. The van der Waals surface area contributed by atoms with Gasteiger partial charge in [0.2, 0.25) is 17.7 Å². The number of amides is 3. The van der Waals surface area contributed by atoms with Crippen molar-refractivity contribution in [3.05, 3.63) is 53.1 Å². The molecule has 42 heavy (non-hydrogen) atoms. The monoisotopic (exact) mass is 597 g/mol. The molecule has 2 aromatic rings. The molecule has 2 aromatic carbocycles. The number of ether oxygens (including phenoxy) is 2. The predicted octanol–water partition coefficient (Wildman–Crippen LogP) is 4.80. The second-order valence-electron chi connectivity index (χ2n) is 12.3. The van der Waals surface area contributed by atoms with Crippen LogP contribution in [-0.4, -0.2) is 64.2 Å². The molecule has 5 rings (SSSR count). The Morgan fingerprint density at radius 1 is 1.14 bits per heavy atom. The van der Waals surface area contributed by atoms with Gasteiger partial charge in [-0.15, -0.1) is 0 Å². The fraction of sp³-hybridized carbons (Fsp3) is 0.531. The van der Waals surface area contributed by atoms with E-state index in [1.165, 1.54) is 4.90 Å². The van der Waals surface area contributed by atoms with Crippen LogP contribution in [0.25, 0.3) is 0 Å². The van der Waals surface area contributed by atoms with Gasteiger partial charge in [-0.3, -0.25) is 14.4 Å². The van der Waals surface area contributed by atoms with E-state index in [0.29, 0.717) is 48.0 Å². The molecule has 226 valence electrons. The van der Waals surface area contributed by atoms with Crippen LogP contribution >= 0.6 is 11.6 Å². The summed E-state index contributed by atoms with van der Waals surface area (Å²) in [5.41, 5.74) is -0.353. The van der Waals surface area contributed by atoms with Crippen molar-refractivity contribution in [2.75, 3.05) is 23.8 Å². The van der Waals surface area contributed by atoms with Gasteiger partial charge >= 0.3 is 0 Å². The Morgan fingerprint density at radius 2 is 1.86 bits per heavy atom. The number of carbonyl (C=O) groups is 3. The van der Waals surface area contributed by atoms with Crippen LogP contribution in [0.5, 0.6) is 5.75 Å². The molecule has 3 amide bonds. The van der Waals surface area contributed by atoms with Gasteiger partial charge in [0.1, 0.15) is 17.4 Å². The van der Waals surface area contributed by atoms with Crippen molar-refractivity contribution in [2.24, 2.45) is 17.8 Å². The number of nitrogens with zero attached hydrogens (tertiary/aromatic N) is 1. The fourth-order valence-corrected chi connectivity index (χ4v) is 7.55. The average molecular weight is 598 g/mol. The highest BCUT2D eigenvalue weighted by Gasteiger charge is 2.78. The number of benzene rings is 2. The number of aliphatic hydroxyl groups excluding tert-OH is 1. The predicted molar refractivity (Wildman–Crippen MR) is 160 cm³/mol. The van der Waals surface area contributed by atoms with Crippen molar-refractivity contribution in [3.63, 3.8) is 0 Å². The molecular formula is C32H40ClN3O6.